The van der Waals surface area contributed by atoms with Crippen molar-refractivity contribution in [3.63, 3.8) is 0 Å². The number of carboxylic acid groups (broad SMARTS) is 1. The topological polar surface area (TPSA) is 125 Å². The number of likely N-dealkylation sites (tertiary alicyclic amines) is 1. The highest BCUT2D eigenvalue weighted by Crippen LogP contribution is 2.21. The lowest BCUT2D eigenvalue weighted by molar-refractivity contribution is -0.144. The summed E-state index contributed by atoms with van der Waals surface area (Å²) in [5.41, 5.74) is -0.664. The molecule has 0 spiro atoms. The molecular weight excluding hydrogens is 402 g/mol. The second-order valence-corrected chi connectivity index (χ2v) is 9.68. The molecular formula is C22H39N3O6. The van der Waals surface area contributed by atoms with Gasteiger partial charge in [0.2, 0.25) is 11.8 Å². The Morgan fingerprint density at radius 2 is 1.58 bits per heavy atom. The van der Waals surface area contributed by atoms with E-state index in [2.05, 4.69) is 10.6 Å². The number of hydrogen-bond acceptors (Lipinski definition) is 5. The molecule has 31 heavy (non-hydrogen) atoms. The van der Waals surface area contributed by atoms with Gasteiger partial charge >= 0.3 is 12.1 Å². The third-order valence-electron chi connectivity index (χ3n) is 5.56. The fourth-order valence-corrected chi connectivity index (χ4v) is 3.46. The predicted molar refractivity (Wildman–Crippen MR) is 116 cm³/mol. The molecule has 1 fully saturated rings. The Labute approximate surface area is 185 Å². The third-order valence-corrected chi connectivity index (χ3v) is 5.56. The monoisotopic (exact) mass is 441 g/mol. The molecule has 0 aromatic heterocycles. The fraction of sp³-hybridized carbons (Fsp3) is 0.818. The lowest BCUT2D eigenvalue weighted by Crippen LogP contribution is -2.55. The van der Waals surface area contributed by atoms with Crippen molar-refractivity contribution in [3.05, 3.63) is 0 Å². The Balaban J connectivity index is 2.73. The van der Waals surface area contributed by atoms with E-state index in [1.165, 1.54) is 0 Å². The maximum atomic E-state index is 13.1. The Bertz CT molecular complexity index is 650. The van der Waals surface area contributed by atoms with Gasteiger partial charge in [-0.15, -0.1) is 0 Å². The minimum absolute atomic E-state index is 0.0802. The number of carboxylic acids is 1. The van der Waals surface area contributed by atoms with Gasteiger partial charge in [-0.05, 0) is 45.4 Å². The quantitative estimate of drug-likeness (QED) is 0.531. The van der Waals surface area contributed by atoms with Gasteiger partial charge in [-0.25, -0.2) is 9.59 Å². The number of carbonyl (C=O) groups excluding carboxylic acids is 3. The number of aliphatic carboxylic acids is 1. The van der Waals surface area contributed by atoms with Gasteiger partial charge in [-0.3, -0.25) is 9.59 Å². The van der Waals surface area contributed by atoms with Gasteiger partial charge in [-0.2, -0.15) is 0 Å². The van der Waals surface area contributed by atoms with Crippen LogP contribution in [0.15, 0.2) is 0 Å². The highest BCUT2D eigenvalue weighted by Gasteiger charge is 2.35. The van der Waals surface area contributed by atoms with Crippen LogP contribution in [0.3, 0.4) is 0 Å². The zero-order chi connectivity index (χ0) is 23.9. The van der Waals surface area contributed by atoms with Crippen LogP contribution >= 0.6 is 0 Å². The SMILES string of the molecule is CCC(C)[C@H](NC(=O)OC(C)(C)C)C(=O)N1CCC(C(=O)N[C@H](C(=O)O)C(C)C)CC1. The molecule has 9 heteroatoms. The first-order valence-corrected chi connectivity index (χ1v) is 11.1. The van der Waals surface area contributed by atoms with E-state index in [4.69, 9.17) is 4.74 Å². The van der Waals surface area contributed by atoms with Crippen LogP contribution in [-0.4, -0.2) is 64.7 Å². The maximum absolute atomic E-state index is 13.1. The highest BCUT2D eigenvalue weighted by molar-refractivity contribution is 5.87. The molecule has 1 saturated heterocycles. The first kappa shape index (κ1) is 26.7. The standard InChI is InChI=1S/C22H39N3O6/c1-8-14(4)17(24-21(30)31-22(5,6)7)19(27)25-11-9-15(10-12-25)18(26)23-16(13(2)3)20(28)29/h13-17H,8-12H2,1-7H3,(H,23,26)(H,24,30)(H,28,29)/t14?,16-,17-/m0/s1. The second kappa shape index (κ2) is 11.3. The van der Waals surface area contributed by atoms with Gasteiger partial charge in [0.15, 0.2) is 0 Å². The van der Waals surface area contributed by atoms with Crippen LogP contribution in [0.2, 0.25) is 0 Å². The van der Waals surface area contributed by atoms with Crippen molar-refractivity contribution < 1.29 is 29.0 Å². The summed E-state index contributed by atoms with van der Waals surface area (Å²) in [6.45, 7) is 13.4. The van der Waals surface area contributed by atoms with Crippen LogP contribution in [0.5, 0.6) is 0 Å². The van der Waals surface area contributed by atoms with E-state index < -0.39 is 29.7 Å². The summed E-state index contributed by atoms with van der Waals surface area (Å²) in [4.78, 5) is 50.8. The number of nitrogens with one attached hydrogen (secondary N) is 2. The van der Waals surface area contributed by atoms with E-state index in [9.17, 15) is 24.3 Å². The van der Waals surface area contributed by atoms with Crippen molar-refractivity contribution in [1.29, 1.82) is 0 Å². The summed E-state index contributed by atoms with van der Waals surface area (Å²) in [6.07, 6.45) is 0.967. The van der Waals surface area contributed by atoms with E-state index in [1.54, 1.807) is 39.5 Å². The molecule has 0 bridgehead atoms. The van der Waals surface area contributed by atoms with Crippen molar-refractivity contribution in [2.24, 2.45) is 17.8 Å². The molecule has 0 aliphatic carbocycles. The first-order valence-electron chi connectivity index (χ1n) is 11.1. The average molecular weight is 442 g/mol. The highest BCUT2D eigenvalue weighted by atomic mass is 16.6. The van der Waals surface area contributed by atoms with Crippen LogP contribution in [0, 0.1) is 17.8 Å². The normalized spacial score (nSPS) is 18.1. The van der Waals surface area contributed by atoms with Gasteiger partial charge in [0.25, 0.3) is 0 Å². The Kier molecular flexibility index (Phi) is 9.77. The molecule has 0 saturated carbocycles. The molecule has 0 radical (unpaired) electrons. The van der Waals surface area contributed by atoms with Gasteiger partial charge in [0.1, 0.15) is 17.7 Å². The summed E-state index contributed by atoms with van der Waals surface area (Å²) in [5.74, 6) is -2.18. The van der Waals surface area contributed by atoms with Crippen molar-refractivity contribution in [2.45, 2.75) is 85.4 Å². The molecule has 3 atom stereocenters. The molecule has 178 valence electrons. The number of amides is 3. The van der Waals surface area contributed by atoms with Gasteiger partial charge in [-0.1, -0.05) is 34.1 Å². The summed E-state index contributed by atoms with van der Waals surface area (Å²) in [6, 6.07) is -1.64. The van der Waals surface area contributed by atoms with E-state index in [1.807, 2.05) is 13.8 Å². The summed E-state index contributed by atoms with van der Waals surface area (Å²) in [5, 5.41) is 14.6. The summed E-state index contributed by atoms with van der Waals surface area (Å²) >= 11 is 0. The zero-order valence-electron chi connectivity index (χ0n) is 19.9. The maximum Gasteiger partial charge on any atom is 0.408 e. The molecule has 1 heterocycles. The molecule has 0 aromatic rings. The van der Waals surface area contributed by atoms with E-state index in [0.29, 0.717) is 32.4 Å². The minimum Gasteiger partial charge on any atom is -0.480 e. The molecule has 9 nitrogen and oxygen atoms in total. The number of rotatable bonds is 8. The van der Waals surface area contributed by atoms with Crippen LogP contribution in [0.25, 0.3) is 0 Å². The van der Waals surface area contributed by atoms with Crippen molar-refractivity contribution in [3.8, 4) is 0 Å². The fourth-order valence-electron chi connectivity index (χ4n) is 3.46. The lowest BCUT2D eigenvalue weighted by Gasteiger charge is -2.36. The van der Waals surface area contributed by atoms with Crippen molar-refractivity contribution in [1.82, 2.24) is 15.5 Å². The lowest BCUT2D eigenvalue weighted by atomic mass is 9.92. The number of carbonyl (C=O) groups is 4. The molecule has 1 aliphatic heterocycles. The van der Waals surface area contributed by atoms with Crippen LogP contribution in [-0.2, 0) is 19.1 Å². The summed E-state index contributed by atoms with van der Waals surface area (Å²) in [7, 11) is 0. The Morgan fingerprint density at radius 3 is 2.00 bits per heavy atom. The number of alkyl carbamates (subject to hydrolysis) is 1. The molecule has 1 unspecified atom stereocenters. The van der Waals surface area contributed by atoms with Crippen LogP contribution in [0.4, 0.5) is 4.79 Å². The van der Waals surface area contributed by atoms with Crippen molar-refractivity contribution in [2.75, 3.05) is 13.1 Å². The smallest absolute Gasteiger partial charge is 0.408 e. The van der Waals surface area contributed by atoms with Crippen molar-refractivity contribution >= 4 is 23.9 Å². The Hall–Kier alpha value is -2.32. The van der Waals surface area contributed by atoms with Gasteiger partial charge in [0.05, 0.1) is 0 Å². The zero-order valence-corrected chi connectivity index (χ0v) is 19.9. The molecule has 1 aliphatic rings. The van der Waals surface area contributed by atoms with E-state index in [-0.39, 0.29) is 29.6 Å². The molecule has 1 rings (SSSR count). The van der Waals surface area contributed by atoms with Crippen LogP contribution < -0.4 is 10.6 Å². The van der Waals surface area contributed by atoms with E-state index >= 15 is 0 Å². The predicted octanol–water partition coefficient (Wildman–Crippen LogP) is 2.39. The molecule has 0 aromatic carbocycles. The molecule has 3 amide bonds. The largest absolute Gasteiger partial charge is 0.480 e. The number of ether oxygens (including phenoxy) is 1. The number of hydrogen-bond donors (Lipinski definition) is 3. The summed E-state index contributed by atoms with van der Waals surface area (Å²) < 4.78 is 5.30. The average Bonchev–Trinajstić information content (AvgIpc) is 2.67. The van der Waals surface area contributed by atoms with Crippen LogP contribution in [0.1, 0.15) is 67.7 Å². The van der Waals surface area contributed by atoms with Gasteiger partial charge < -0.3 is 25.4 Å². The number of nitrogens with zero attached hydrogens (tertiary/aromatic N) is 1. The second-order valence-electron chi connectivity index (χ2n) is 9.68. The third kappa shape index (κ3) is 8.38. The molecule has 3 N–H and O–H groups in total. The van der Waals surface area contributed by atoms with Gasteiger partial charge in [0, 0.05) is 19.0 Å². The van der Waals surface area contributed by atoms with E-state index in [0.717, 1.165) is 0 Å². The Morgan fingerprint density at radius 1 is 1.03 bits per heavy atom. The number of piperidine rings is 1. The first-order chi connectivity index (χ1) is 14.3. The minimum atomic E-state index is -1.06.